The van der Waals surface area contributed by atoms with Gasteiger partial charge in [-0.3, -0.25) is 4.98 Å². The van der Waals surface area contributed by atoms with Crippen LogP contribution in [0.1, 0.15) is 44.7 Å². The van der Waals surface area contributed by atoms with Gasteiger partial charge in [-0.05, 0) is 37.4 Å². The number of rotatable bonds is 10. The third-order valence-electron chi connectivity index (χ3n) is 2.86. The van der Waals surface area contributed by atoms with Crippen molar-refractivity contribution in [2.45, 2.75) is 39.2 Å². The van der Waals surface area contributed by atoms with Crippen LogP contribution in [-0.4, -0.2) is 31.9 Å². The molecule has 19 heavy (non-hydrogen) atoms. The quantitative estimate of drug-likeness (QED) is 0.707. The van der Waals surface area contributed by atoms with E-state index in [2.05, 4.69) is 30.2 Å². The summed E-state index contributed by atoms with van der Waals surface area (Å²) in [6, 6.07) is 2.35. The Balaban J connectivity index is 2.69. The number of hydrogen-bond acceptors (Lipinski definition) is 4. The third-order valence-corrected chi connectivity index (χ3v) is 2.86. The Bertz CT molecular complexity index is 337. The zero-order valence-electron chi connectivity index (χ0n) is 12.3. The van der Waals surface area contributed by atoms with Crippen LogP contribution in [0.3, 0.4) is 0 Å². The summed E-state index contributed by atoms with van der Waals surface area (Å²) in [6.45, 7) is 6.73. The van der Waals surface area contributed by atoms with E-state index < -0.39 is 0 Å². The highest BCUT2D eigenvalue weighted by Crippen LogP contribution is 2.20. The van der Waals surface area contributed by atoms with E-state index in [0.29, 0.717) is 0 Å². The van der Waals surface area contributed by atoms with Crippen molar-refractivity contribution in [2.75, 3.05) is 26.9 Å². The molecule has 1 aromatic heterocycles. The molecular weight excluding hydrogens is 240 g/mol. The molecule has 0 radical (unpaired) electrons. The van der Waals surface area contributed by atoms with Crippen molar-refractivity contribution in [2.24, 2.45) is 0 Å². The van der Waals surface area contributed by atoms with E-state index in [1.807, 2.05) is 6.20 Å². The summed E-state index contributed by atoms with van der Waals surface area (Å²) in [5.74, 6) is 0.847. The molecule has 4 nitrogen and oxygen atoms in total. The lowest BCUT2D eigenvalue weighted by molar-refractivity contribution is 0.182. The van der Waals surface area contributed by atoms with Gasteiger partial charge in [-0.25, -0.2) is 0 Å². The van der Waals surface area contributed by atoms with Crippen LogP contribution < -0.4 is 10.1 Å². The van der Waals surface area contributed by atoms with Crippen LogP contribution in [0, 0.1) is 0 Å². The fraction of sp³-hybridized carbons (Fsp3) is 0.667. The van der Waals surface area contributed by atoms with Crippen LogP contribution in [-0.2, 0) is 4.74 Å². The predicted molar refractivity (Wildman–Crippen MR) is 77.6 cm³/mol. The van der Waals surface area contributed by atoms with E-state index in [4.69, 9.17) is 9.47 Å². The largest absolute Gasteiger partial charge is 0.492 e. The van der Waals surface area contributed by atoms with Crippen LogP contribution in [0.2, 0.25) is 0 Å². The van der Waals surface area contributed by atoms with E-state index in [9.17, 15) is 0 Å². The Morgan fingerprint density at radius 2 is 2.05 bits per heavy atom. The first kappa shape index (κ1) is 15.9. The van der Waals surface area contributed by atoms with Crippen molar-refractivity contribution in [3.8, 4) is 5.75 Å². The number of aromatic nitrogens is 1. The third kappa shape index (κ3) is 6.03. The van der Waals surface area contributed by atoms with Crippen molar-refractivity contribution >= 4 is 0 Å². The summed E-state index contributed by atoms with van der Waals surface area (Å²) in [7, 11) is 1.73. The molecule has 108 valence electrons. The lowest BCUT2D eigenvalue weighted by Crippen LogP contribution is -2.23. The van der Waals surface area contributed by atoms with Gasteiger partial charge in [0, 0.05) is 26.0 Å². The second-order valence-electron chi connectivity index (χ2n) is 4.59. The highest BCUT2D eigenvalue weighted by Gasteiger charge is 2.11. The predicted octanol–water partition coefficient (Wildman–Crippen LogP) is 2.95. The van der Waals surface area contributed by atoms with Gasteiger partial charge in [-0.1, -0.05) is 13.8 Å². The molecule has 1 heterocycles. The smallest absolute Gasteiger partial charge is 0.137 e. The van der Waals surface area contributed by atoms with E-state index in [1.54, 1.807) is 13.3 Å². The molecule has 0 aliphatic rings. The summed E-state index contributed by atoms with van der Waals surface area (Å²) < 4.78 is 10.8. The van der Waals surface area contributed by atoms with Gasteiger partial charge >= 0.3 is 0 Å². The van der Waals surface area contributed by atoms with Gasteiger partial charge in [-0.15, -0.1) is 0 Å². The topological polar surface area (TPSA) is 43.4 Å². The molecule has 0 amide bonds. The zero-order valence-corrected chi connectivity index (χ0v) is 12.3. The Kier molecular flexibility index (Phi) is 8.18. The Morgan fingerprint density at radius 1 is 1.21 bits per heavy atom. The minimum atomic E-state index is 0.276. The first-order valence-electron chi connectivity index (χ1n) is 7.11. The molecular formula is C15H26N2O2. The maximum Gasteiger partial charge on any atom is 0.137 e. The van der Waals surface area contributed by atoms with Crippen molar-refractivity contribution in [1.82, 2.24) is 10.3 Å². The van der Waals surface area contributed by atoms with Gasteiger partial charge in [0.15, 0.2) is 0 Å². The minimum absolute atomic E-state index is 0.276. The molecule has 0 aliphatic heterocycles. The molecule has 0 spiro atoms. The lowest BCUT2D eigenvalue weighted by Gasteiger charge is -2.19. The summed E-state index contributed by atoms with van der Waals surface area (Å²) in [6.07, 6.45) is 6.73. The van der Waals surface area contributed by atoms with E-state index in [-0.39, 0.29) is 6.04 Å². The monoisotopic (exact) mass is 266 g/mol. The summed E-state index contributed by atoms with van der Waals surface area (Å²) in [5.41, 5.74) is 1.17. The minimum Gasteiger partial charge on any atom is -0.492 e. The molecule has 0 aromatic carbocycles. The summed E-state index contributed by atoms with van der Waals surface area (Å²) >= 11 is 0. The number of pyridine rings is 1. The Hall–Kier alpha value is -1.13. The molecule has 0 aliphatic carbocycles. The average Bonchev–Trinajstić information content (AvgIpc) is 2.45. The van der Waals surface area contributed by atoms with Gasteiger partial charge in [0.2, 0.25) is 0 Å². The molecule has 4 heteroatoms. The first-order chi connectivity index (χ1) is 9.31. The van der Waals surface area contributed by atoms with Crippen LogP contribution in [0.5, 0.6) is 5.75 Å². The first-order valence-corrected chi connectivity index (χ1v) is 7.11. The second kappa shape index (κ2) is 9.75. The van der Waals surface area contributed by atoms with E-state index in [1.165, 1.54) is 5.56 Å². The number of ether oxygens (including phenoxy) is 2. The van der Waals surface area contributed by atoms with Crippen molar-refractivity contribution < 1.29 is 9.47 Å². The number of nitrogens with zero attached hydrogens (tertiary/aromatic N) is 1. The molecule has 1 aromatic rings. The molecule has 0 bridgehead atoms. The maximum absolute atomic E-state index is 5.63. The normalized spacial score (nSPS) is 12.4. The van der Waals surface area contributed by atoms with Crippen LogP contribution in [0.4, 0.5) is 0 Å². The van der Waals surface area contributed by atoms with Crippen LogP contribution >= 0.6 is 0 Å². The Morgan fingerprint density at radius 3 is 2.74 bits per heavy atom. The fourth-order valence-electron chi connectivity index (χ4n) is 1.87. The lowest BCUT2D eigenvalue weighted by atomic mass is 10.1. The standard InChI is InChI=1S/C15H26N2O2/c1-4-7-17-15(6-9-18-3)13-10-14(12-16-11-13)19-8-5-2/h10-12,15,17H,4-9H2,1-3H3. The van der Waals surface area contributed by atoms with E-state index in [0.717, 1.165) is 44.8 Å². The van der Waals surface area contributed by atoms with Gasteiger partial charge in [-0.2, -0.15) is 0 Å². The summed E-state index contributed by atoms with van der Waals surface area (Å²) in [5, 5.41) is 3.53. The van der Waals surface area contributed by atoms with Gasteiger partial charge in [0.05, 0.1) is 12.8 Å². The van der Waals surface area contributed by atoms with Gasteiger partial charge in [0.1, 0.15) is 5.75 Å². The van der Waals surface area contributed by atoms with Crippen LogP contribution in [0.25, 0.3) is 0 Å². The highest BCUT2D eigenvalue weighted by molar-refractivity contribution is 5.26. The average molecular weight is 266 g/mol. The highest BCUT2D eigenvalue weighted by atomic mass is 16.5. The number of nitrogens with one attached hydrogen (secondary N) is 1. The maximum atomic E-state index is 5.63. The van der Waals surface area contributed by atoms with Crippen LogP contribution in [0.15, 0.2) is 18.5 Å². The number of methoxy groups -OCH3 is 1. The molecule has 1 atom stereocenters. The molecule has 1 unspecified atom stereocenters. The van der Waals surface area contributed by atoms with E-state index >= 15 is 0 Å². The van der Waals surface area contributed by atoms with Gasteiger partial charge in [0.25, 0.3) is 0 Å². The van der Waals surface area contributed by atoms with Crippen molar-refractivity contribution in [1.29, 1.82) is 0 Å². The van der Waals surface area contributed by atoms with Gasteiger partial charge < -0.3 is 14.8 Å². The Labute approximate surface area is 116 Å². The molecule has 1 rings (SSSR count). The second-order valence-corrected chi connectivity index (χ2v) is 4.59. The fourth-order valence-corrected chi connectivity index (χ4v) is 1.87. The van der Waals surface area contributed by atoms with Crippen molar-refractivity contribution in [3.63, 3.8) is 0 Å². The summed E-state index contributed by atoms with van der Waals surface area (Å²) in [4.78, 5) is 4.27. The molecule has 0 saturated heterocycles. The van der Waals surface area contributed by atoms with Crippen molar-refractivity contribution in [3.05, 3.63) is 24.0 Å². The molecule has 1 N–H and O–H groups in total. The zero-order chi connectivity index (χ0) is 13.9. The molecule has 0 saturated carbocycles. The number of hydrogen-bond donors (Lipinski definition) is 1. The molecule has 0 fully saturated rings. The SMILES string of the molecule is CCCNC(CCOC)c1cncc(OCCC)c1.